The van der Waals surface area contributed by atoms with E-state index in [9.17, 15) is 9.18 Å². The molecule has 2 aromatic carbocycles. The molecule has 2 heterocycles. The predicted molar refractivity (Wildman–Crippen MR) is 125 cm³/mol. The number of halogens is 2. The SMILES string of the molecule is CC(=O)N1CCC(OCCNCc2cc(F)cc3c2ccn3Cc2ccc(Cl)cc2)CC1. The Morgan fingerprint density at radius 2 is 1.94 bits per heavy atom. The zero-order valence-corrected chi connectivity index (χ0v) is 19.1. The second kappa shape index (κ2) is 10.5. The van der Waals surface area contributed by atoms with E-state index in [2.05, 4.69) is 9.88 Å². The summed E-state index contributed by atoms with van der Waals surface area (Å²) in [5.74, 6) is -0.104. The molecule has 32 heavy (non-hydrogen) atoms. The first-order valence-electron chi connectivity index (χ1n) is 11.1. The van der Waals surface area contributed by atoms with E-state index in [1.54, 1.807) is 19.1 Å². The van der Waals surface area contributed by atoms with Crippen molar-refractivity contribution < 1.29 is 13.9 Å². The van der Waals surface area contributed by atoms with Gasteiger partial charge in [0.05, 0.1) is 18.2 Å². The quantitative estimate of drug-likeness (QED) is 0.503. The summed E-state index contributed by atoms with van der Waals surface area (Å²) in [4.78, 5) is 13.3. The summed E-state index contributed by atoms with van der Waals surface area (Å²) in [6.07, 6.45) is 3.96. The van der Waals surface area contributed by atoms with Crippen molar-refractivity contribution in [2.45, 2.75) is 39.0 Å². The number of carbonyl (C=O) groups excluding carboxylic acids is 1. The number of piperidine rings is 1. The van der Waals surface area contributed by atoms with Crippen LogP contribution in [0, 0.1) is 5.82 Å². The van der Waals surface area contributed by atoms with Crippen LogP contribution in [0.25, 0.3) is 10.9 Å². The number of nitrogens with one attached hydrogen (secondary N) is 1. The maximum Gasteiger partial charge on any atom is 0.219 e. The van der Waals surface area contributed by atoms with Gasteiger partial charge in [0, 0.05) is 56.3 Å². The average Bonchev–Trinajstić information content (AvgIpc) is 3.18. The van der Waals surface area contributed by atoms with Crippen LogP contribution in [0.2, 0.25) is 5.02 Å². The molecule has 1 fully saturated rings. The fourth-order valence-electron chi connectivity index (χ4n) is 4.26. The molecule has 1 saturated heterocycles. The Labute approximate surface area is 193 Å². The van der Waals surface area contributed by atoms with Crippen LogP contribution < -0.4 is 5.32 Å². The molecule has 0 radical (unpaired) electrons. The summed E-state index contributed by atoms with van der Waals surface area (Å²) in [6, 6.07) is 12.9. The Hall–Kier alpha value is -2.41. The van der Waals surface area contributed by atoms with E-state index in [1.807, 2.05) is 41.4 Å². The molecule has 5 nitrogen and oxygen atoms in total. The van der Waals surface area contributed by atoms with Gasteiger partial charge in [-0.3, -0.25) is 4.79 Å². The van der Waals surface area contributed by atoms with Gasteiger partial charge in [0.15, 0.2) is 0 Å². The third-order valence-electron chi connectivity index (χ3n) is 6.04. The normalized spacial score (nSPS) is 14.9. The van der Waals surface area contributed by atoms with Gasteiger partial charge in [0.2, 0.25) is 5.91 Å². The second-order valence-electron chi connectivity index (χ2n) is 8.32. The fraction of sp³-hybridized carbons (Fsp3) is 0.400. The van der Waals surface area contributed by atoms with Gasteiger partial charge >= 0.3 is 0 Å². The molecule has 1 amide bonds. The number of hydrogen-bond donors (Lipinski definition) is 1. The van der Waals surface area contributed by atoms with Crippen molar-refractivity contribution in [3.8, 4) is 0 Å². The number of carbonyl (C=O) groups is 1. The monoisotopic (exact) mass is 457 g/mol. The third-order valence-corrected chi connectivity index (χ3v) is 6.29. The summed E-state index contributed by atoms with van der Waals surface area (Å²) < 4.78 is 22.3. The van der Waals surface area contributed by atoms with E-state index in [4.69, 9.17) is 16.3 Å². The van der Waals surface area contributed by atoms with E-state index < -0.39 is 0 Å². The molecule has 0 bridgehead atoms. The topological polar surface area (TPSA) is 46.5 Å². The molecular weight excluding hydrogens is 429 g/mol. The van der Waals surface area contributed by atoms with Gasteiger partial charge in [-0.25, -0.2) is 4.39 Å². The van der Waals surface area contributed by atoms with Crippen LogP contribution in [0.3, 0.4) is 0 Å². The number of aromatic nitrogens is 1. The molecule has 0 saturated carbocycles. The molecular formula is C25H29ClFN3O2. The maximum absolute atomic E-state index is 14.3. The molecule has 0 unspecified atom stereocenters. The minimum atomic E-state index is -0.237. The average molecular weight is 458 g/mol. The highest BCUT2D eigenvalue weighted by Crippen LogP contribution is 2.24. The van der Waals surface area contributed by atoms with Crippen LogP contribution in [0.4, 0.5) is 4.39 Å². The van der Waals surface area contributed by atoms with Gasteiger partial charge < -0.3 is 19.5 Å². The largest absolute Gasteiger partial charge is 0.377 e. The lowest BCUT2D eigenvalue weighted by atomic mass is 10.1. The number of amides is 1. The van der Waals surface area contributed by atoms with E-state index >= 15 is 0 Å². The standard InChI is InChI=1S/C25H29ClFN3O2/c1-18(31)29-10-6-23(7-11-29)32-13-9-28-16-20-14-22(27)15-25-24(20)8-12-30(25)17-19-2-4-21(26)5-3-19/h2-5,8,12,14-15,23,28H,6-7,9-11,13,16-17H2,1H3. The molecule has 3 aromatic rings. The van der Waals surface area contributed by atoms with Crippen LogP contribution in [0.15, 0.2) is 48.7 Å². The highest BCUT2D eigenvalue weighted by Gasteiger charge is 2.20. The molecule has 1 aromatic heterocycles. The number of ether oxygens (including phenoxy) is 1. The number of likely N-dealkylation sites (tertiary alicyclic amines) is 1. The van der Waals surface area contributed by atoms with Crippen molar-refractivity contribution in [3.63, 3.8) is 0 Å². The predicted octanol–water partition coefficient (Wildman–Crippen LogP) is 4.60. The van der Waals surface area contributed by atoms with Gasteiger partial charge in [-0.05, 0) is 54.3 Å². The maximum atomic E-state index is 14.3. The van der Waals surface area contributed by atoms with Gasteiger partial charge in [-0.1, -0.05) is 23.7 Å². The summed E-state index contributed by atoms with van der Waals surface area (Å²) in [6.45, 7) is 5.67. The smallest absolute Gasteiger partial charge is 0.219 e. The number of benzene rings is 2. The summed E-state index contributed by atoms with van der Waals surface area (Å²) in [5.41, 5.74) is 2.93. The van der Waals surface area contributed by atoms with Crippen molar-refractivity contribution in [2.75, 3.05) is 26.2 Å². The Morgan fingerprint density at radius 1 is 1.19 bits per heavy atom. The van der Waals surface area contributed by atoms with Crippen LogP contribution >= 0.6 is 11.6 Å². The van der Waals surface area contributed by atoms with Crippen LogP contribution in [0.1, 0.15) is 30.9 Å². The molecule has 0 spiro atoms. The molecule has 1 aliphatic rings. The van der Waals surface area contributed by atoms with Crippen LogP contribution in [0.5, 0.6) is 0 Å². The molecule has 170 valence electrons. The number of fused-ring (bicyclic) bond motifs is 1. The van der Waals surface area contributed by atoms with Gasteiger partial charge in [0.25, 0.3) is 0 Å². The number of rotatable bonds is 8. The van der Waals surface area contributed by atoms with E-state index in [-0.39, 0.29) is 17.8 Å². The minimum Gasteiger partial charge on any atom is -0.377 e. The van der Waals surface area contributed by atoms with Crippen LogP contribution in [-0.2, 0) is 22.6 Å². The lowest BCUT2D eigenvalue weighted by molar-refractivity contribution is -0.131. The zero-order chi connectivity index (χ0) is 22.5. The molecule has 0 atom stereocenters. The molecule has 1 aliphatic heterocycles. The van der Waals surface area contributed by atoms with E-state index in [0.29, 0.717) is 31.3 Å². The molecule has 7 heteroatoms. The molecule has 4 rings (SSSR count). The first kappa shape index (κ1) is 22.8. The summed E-state index contributed by atoms with van der Waals surface area (Å²) in [7, 11) is 0. The van der Waals surface area contributed by atoms with E-state index in [0.717, 1.165) is 48.0 Å². The van der Waals surface area contributed by atoms with Crippen molar-refractivity contribution >= 4 is 28.4 Å². The van der Waals surface area contributed by atoms with Gasteiger partial charge in [0.1, 0.15) is 5.82 Å². The Kier molecular flexibility index (Phi) is 7.45. The Morgan fingerprint density at radius 3 is 2.66 bits per heavy atom. The number of nitrogens with zero attached hydrogens (tertiary/aromatic N) is 2. The van der Waals surface area contributed by atoms with Crippen molar-refractivity contribution in [1.82, 2.24) is 14.8 Å². The van der Waals surface area contributed by atoms with E-state index in [1.165, 1.54) is 0 Å². The van der Waals surface area contributed by atoms with Crippen molar-refractivity contribution in [3.05, 3.63) is 70.6 Å². The lowest BCUT2D eigenvalue weighted by Gasteiger charge is -2.31. The highest BCUT2D eigenvalue weighted by molar-refractivity contribution is 6.30. The van der Waals surface area contributed by atoms with Crippen molar-refractivity contribution in [2.24, 2.45) is 0 Å². The Balaban J connectivity index is 1.30. The second-order valence-corrected chi connectivity index (χ2v) is 8.76. The van der Waals surface area contributed by atoms with Gasteiger partial charge in [-0.2, -0.15) is 0 Å². The minimum absolute atomic E-state index is 0.133. The van der Waals surface area contributed by atoms with Crippen LogP contribution in [-0.4, -0.2) is 47.7 Å². The lowest BCUT2D eigenvalue weighted by Crippen LogP contribution is -2.40. The zero-order valence-electron chi connectivity index (χ0n) is 18.3. The molecule has 1 N–H and O–H groups in total. The first-order chi connectivity index (χ1) is 15.5. The first-order valence-corrected chi connectivity index (χ1v) is 11.5. The summed E-state index contributed by atoms with van der Waals surface area (Å²) in [5, 5.41) is 5.12. The molecule has 0 aliphatic carbocycles. The Bertz CT molecular complexity index is 1060. The van der Waals surface area contributed by atoms with Crippen molar-refractivity contribution in [1.29, 1.82) is 0 Å². The highest BCUT2D eigenvalue weighted by atomic mass is 35.5. The third kappa shape index (κ3) is 5.68. The van der Waals surface area contributed by atoms with Gasteiger partial charge in [-0.15, -0.1) is 0 Å². The summed E-state index contributed by atoms with van der Waals surface area (Å²) >= 11 is 5.98. The number of hydrogen-bond acceptors (Lipinski definition) is 3. The fourth-order valence-corrected chi connectivity index (χ4v) is 4.39.